The molecule has 1 aliphatic heterocycles. The van der Waals surface area contributed by atoms with Gasteiger partial charge in [-0.1, -0.05) is 15.9 Å². The maximum Gasteiger partial charge on any atom is 0.261 e. The molecule has 0 spiro atoms. The summed E-state index contributed by atoms with van der Waals surface area (Å²) in [5.74, 6) is 0.0715. The first-order chi connectivity index (χ1) is 13.6. The van der Waals surface area contributed by atoms with Crippen LogP contribution >= 0.6 is 27.3 Å². The molecule has 1 saturated heterocycles. The predicted octanol–water partition coefficient (Wildman–Crippen LogP) is 2.74. The highest BCUT2D eigenvalue weighted by Gasteiger charge is 2.20. The summed E-state index contributed by atoms with van der Waals surface area (Å²) in [6.07, 6.45) is 4.54. The molecule has 9 heteroatoms. The van der Waals surface area contributed by atoms with E-state index in [0.29, 0.717) is 30.4 Å². The number of halogens is 1. The van der Waals surface area contributed by atoms with Crippen molar-refractivity contribution >= 4 is 49.2 Å². The van der Waals surface area contributed by atoms with Gasteiger partial charge in [-0.2, -0.15) is 0 Å². The number of aryl methyl sites for hydroxylation is 1. The van der Waals surface area contributed by atoms with Gasteiger partial charge in [0, 0.05) is 55.2 Å². The molecule has 2 aromatic heterocycles. The van der Waals surface area contributed by atoms with Crippen molar-refractivity contribution in [3.8, 4) is 0 Å². The van der Waals surface area contributed by atoms with E-state index in [1.807, 2.05) is 28.6 Å². The molecule has 0 radical (unpaired) electrons. The van der Waals surface area contributed by atoms with Crippen LogP contribution in [0.4, 0.5) is 5.13 Å². The third-order valence-corrected chi connectivity index (χ3v) is 6.22. The molecule has 0 aliphatic carbocycles. The normalized spacial score (nSPS) is 15.0. The second-order valence-electron chi connectivity index (χ2n) is 6.69. The number of benzene rings is 1. The molecule has 28 heavy (non-hydrogen) atoms. The number of amides is 1. The van der Waals surface area contributed by atoms with Crippen molar-refractivity contribution in [3.63, 3.8) is 0 Å². The lowest BCUT2D eigenvalue weighted by Crippen LogP contribution is -2.36. The molecule has 4 rings (SSSR count). The number of aromatic nitrogens is 3. The van der Waals surface area contributed by atoms with Gasteiger partial charge in [-0.05, 0) is 24.6 Å². The van der Waals surface area contributed by atoms with Crippen molar-refractivity contribution < 1.29 is 4.79 Å². The quantitative estimate of drug-likeness (QED) is 0.597. The summed E-state index contributed by atoms with van der Waals surface area (Å²) < 4.78 is 2.36. The molecule has 3 heterocycles. The van der Waals surface area contributed by atoms with Gasteiger partial charge < -0.3 is 9.80 Å². The Morgan fingerprint density at radius 3 is 2.89 bits per heavy atom. The fraction of sp³-hybridized carbons (Fsp3) is 0.368. The molecule has 0 saturated carbocycles. The van der Waals surface area contributed by atoms with Crippen LogP contribution in [-0.2, 0) is 11.3 Å². The zero-order chi connectivity index (χ0) is 19.5. The third-order valence-electron chi connectivity index (χ3n) is 4.89. The lowest BCUT2D eigenvalue weighted by atomic mass is 10.2. The number of carbonyl (C=O) groups is 1. The zero-order valence-electron chi connectivity index (χ0n) is 15.3. The molecule has 1 aliphatic rings. The van der Waals surface area contributed by atoms with Crippen LogP contribution in [0.1, 0.15) is 12.8 Å². The van der Waals surface area contributed by atoms with Crippen LogP contribution in [0.5, 0.6) is 0 Å². The summed E-state index contributed by atoms with van der Waals surface area (Å²) >= 11 is 5.01. The van der Waals surface area contributed by atoms with Crippen molar-refractivity contribution in [2.75, 3.05) is 31.1 Å². The summed E-state index contributed by atoms with van der Waals surface area (Å²) in [6, 6.07) is 5.43. The van der Waals surface area contributed by atoms with Gasteiger partial charge in [0.15, 0.2) is 5.13 Å². The van der Waals surface area contributed by atoms with Gasteiger partial charge in [-0.25, -0.2) is 9.97 Å². The fourth-order valence-corrected chi connectivity index (χ4v) is 4.45. The second kappa shape index (κ2) is 8.40. The Kier molecular flexibility index (Phi) is 5.72. The summed E-state index contributed by atoms with van der Waals surface area (Å²) in [6.45, 7) is 3.43. The molecule has 3 aromatic rings. The maximum atomic E-state index is 12.7. The molecular formula is C19H20BrN5O2S. The smallest absolute Gasteiger partial charge is 0.261 e. The Bertz CT molecular complexity index is 1040. The summed E-state index contributed by atoms with van der Waals surface area (Å²) in [4.78, 5) is 38.2. The second-order valence-corrected chi connectivity index (χ2v) is 8.48. The predicted molar refractivity (Wildman–Crippen MR) is 114 cm³/mol. The first-order valence-electron chi connectivity index (χ1n) is 9.19. The SMILES string of the molecule is O=C(CCn1cnc2ccc(Br)cc2c1=O)N1CCCN(c2nccs2)CC1. The Morgan fingerprint density at radius 1 is 1.18 bits per heavy atom. The van der Waals surface area contributed by atoms with E-state index in [9.17, 15) is 9.59 Å². The molecule has 0 N–H and O–H groups in total. The van der Waals surface area contributed by atoms with Crippen molar-refractivity contribution in [2.45, 2.75) is 19.4 Å². The topological polar surface area (TPSA) is 71.3 Å². The van der Waals surface area contributed by atoms with Gasteiger partial charge in [-0.15, -0.1) is 11.3 Å². The van der Waals surface area contributed by atoms with Gasteiger partial charge in [0.2, 0.25) is 5.91 Å². The first kappa shape index (κ1) is 19.1. The maximum absolute atomic E-state index is 12.7. The Balaban J connectivity index is 1.40. The average Bonchev–Trinajstić information content (AvgIpc) is 3.12. The van der Waals surface area contributed by atoms with E-state index in [2.05, 4.69) is 30.8 Å². The van der Waals surface area contributed by atoms with E-state index in [-0.39, 0.29) is 11.5 Å². The molecule has 0 bridgehead atoms. The molecular weight excluding hydrogens is 442 g/mol. The van der Waals surface area contributed by atoms with Crippen LogP contribution in [0.3, 0.4) is 0 Å². The van der Waals surface area contributed by atoms with E-state index in [1.165, 1.54) is 10.9 Å². The van der Waals surface area contributed by atoms with Gasteiger partial charge in [0.25, 0.3) is 5.56 Å². The van der Waals surface area contributed by atoms with E-state index < -0.39 is 0 Å². The number of hydrogen-bond acceptors (Lipinski definition) is 6. The minimum Gasteiger partial charge on any atom is -0.346 e. The minimum atomic E-state index is -0.120. The number of hydrogen-bond donors (Lipinski definition) is 0. The van der Waals surface area contributed by atoms with Crippen LogP contribution in [0.25, 0.3) is 10.9 Å². The van der Waals surface area contributed by atoms with Gasteiger partial charge in [-0.3, -0.25) is 14.2 Å². The van der Waals surface area contributed by atoms with Gasteiger partial charge in [0.1, 0.15) is 0 Å². The van der Waals surface area contributed by atoms with Crippen LogP contribution < -0.4 is 10.5 Å². The fourth-order valence-electron chi connectivity index (χ4n) is 3.39. The highest BCUT2D eigenvalue weighted by molar-refractivity contribution is 9.10. The number of fused-ring (bicyclic) bond motifs is 1. The molecule has 7 nitrogen and oxygen atoms in total. The number of rotatable bonds is 4. The Hall–Kier alpha value is -2.26. The van der Waals surface area contributed by atoms with Gasteiger partial charge >= 0.3 is 0 Å². The molecule has 0 unspecified atom stereocenters. The molecule has 1 fully saturated rings. The Morgan fingerprint density at radius 2 is 2.07 bits per heavy atom. The average molecular weight is 462 g/mol. The molecule has 1 aromatic carbocycles. The molecule has 0 atom stereocenters. The molecule has 146 valence electrons. The monoisotopic (exact) mass is 461 g/mol. The third kappa shape index (κ3) is 4.10. The highest BCUT2D eigenvalue weighted by Crippen LogP contribution is 2.19. The van der Waals surface area contributed by atoms with Crippen LogP contribution in [-0.4, -0.2) is 51.5 Å². The summed E-state index contributed by atoms with van der Waals surface area (Å²) in [5.41, 5.74) is 0.537. The largest absolute Gasteiger partial charge is 0.346 e. The van der Waals surface area contributed by atoms with Crippen molar-refractivity contribution in [1.29, 1.82) is 0 Å². The summed E-state index contributed by atoms with van der Waals surface area (Å²) in [5, 5.41) is 3.53. The van der Waals surface area contributed by atoms with E-state index >= 15 is 0 Å². The lowest BCUT2D eigenvalue weighted by molar-refractivity contribution is -0.131. The van der Waals surface area contributed by atoms with Crippen LogP contribution in [0.15, 0.2) is 45.4 Å². The van der Waals surface area contributed by atoms with E-state index in [0.717, 1.165) is 35.7 Å². The first-order valence-corrected chi connectivity index (χ1v) is 10.9. The van der Waals surface area contributed by atoms with Gasteiger partial charge in [0.05, 0.1) is 17.2 Å². The van der Waals surface area contributed by atoms with E-state index in [1.54, 1.807) is 17.4 Å². The lowest BCUT2D eigenvalue weighted by Gasteiger charge is -2.22. The standard InChI is InChI=1S/C19H20BrN5O2S/c20-14-2-3-16-15(12-14)18(27)25(13-22-16)8-4-17(26)23-6-1-7-24(10-9-23)19-21-5-11-28-19/h2-3,5,11-13H,1,4,6-10H2. The number of thiazole rings is 1. The highest BCUT2D eigenvalue weighted by atomic mass is 79.9. The Labute approximate surface area is 174 Å². The van der Waals surface area contributed by atoms with E-state index in [4.69, 9.17) is 0 Å². The zero-order valence-corrected chi connectivity index (χ0v) is 17.7. The minimum absolute atomic E-state index is 0.0715. The van der Waals surface area contributed by atoms with Crippen LogP contribution in [0, 0.1) is 0 Å². The number of anilines is 1. The van der Waals surface area contributed by atoms with Crippen molar-refractivity contribution in [2.24, 2.45) is 0 Å². The number of carbonyl (C=O) groups excluding carboxylic acids is 1. The molecule has 1 amide bonds. The summed E-state index contributed by atoms with van der Waals surface area (Å²) in [7, 11) is 0. The van der Waals surface area contributed by atoms with Crippen LogP contribution in [0.2, 0.25) is 0 Å². The van der Waals surface area contributed by atoms with Crippen molar-refractivity contribution in [1.82, 2.24) is 19.4 Å². The van der Waals surface area contributed by atoms with Crippen molar-refractivity contribution in [3.05, 3.63) is 50.9 Å². The number of nitrogens with zero attached hydrogens (tertiary/aromatic N) is 5.